The van der Waals surface area contributed by atoms with Gasteiger partial charge >= 0.3 is 0 Å². The van der Waals surface area contributed by atoms with Crippen LogP contribution in [0.1, 0.15) is 34.6 Å². The third-order valence-electron chi connectivity index (χ3n) is 7.96. The molecule has 0 radical (unpaired) electrons. The van der Waals surface area contributed by atoms with Crippen LogP contribution < -0.4 is 16.0 Å². The van der Waals surface area contributed by atoms with Crippen LogP contribution in [0.3, 0.4) is 0 Å². The number of hydrogen-bond donors (Lipinski definition) is 10. The molecule has 44 heavy (non-hydrogen) atoms. The molecule has 0 aliphatic carbocycles. The van der Waals surface area contributed by atoms with Gasteiger partial charge in [-0.1, -0.05) is 0 Å². The van der Waals surface area contributed by atoms with Gasteiger partial charge in [-0.3, -0.25) is 14.4 Å². The standard InChI is InChI=1S/C26H45N3O15/c1-9-16(27-10(2)33)20(38)23(14(7-31)40-9)44-26(5)24(29-12(4)35)21(39)22(15(8-32)43-26)42-25-17(28-11(3)34)19(37)18(36)13(6-30)41-25/h9,13-25,30-32,36-39H,6-8H2,1-5H3,(H,27,33)(H,28,34)(H,29,35)/t9-,13+,14+,15+,16-,17+,18+,19+,20+,21-,22+,23+,24+,25-,26-/m0/s1. The quantitative estimate of drug-likeness (QED) is 0.107. The van der Waals surface area contributed by atoms with Crippen LogP contribution in [0.5, 0.6) is 0 Å². The summed E-state index contributed by atoms with van der Waals surface area (Å²) in [5.41, 5.74) is 0. The zero-order valence-electron chi connectivity index (χ0n) is 25.1. The molecule has 3 amide bonds. The second-order valence-electron chi connectivity index (χ2n) is 11.4. The van der Waals surface area contributed by atoms with Gasteiger partial charge in [-0.2, -0.15) is 0 Å². The van der Waals surface area contributed by atoms with E-state index in [2.05, 4.69) is 16.0 Å². The zero-order valence-corrected chi connectivity index (χ0v) is 25.1. The van der Waals surface area contributed by atoms with Crippen LogP contribution in [0, 0.1) is 0 Å². The van der Waals surface area contributed by atoms with Crippen LogP contribution in [0.4, 0.5) is 0 Å². The number of ether oxygens (including phenoxy) is 5. The molecular weight excluding hydrogens is 594 g/mol. The maximum absolute atomic E-state index is 12.3. The van der Waals surface area contributed by atoms with E-state index in [-0.39, 0.29) is 0 Å². The van der Waals surface area contributed by atoms with E-state index in [9.17, 15) is 50.1 Å². The second-order valence-corrected chi connectivity index (χ2v) is 11.4. The van der Waals surface area contributed by atoms with Crippen molar-refractivity contribution >= 4 is 17.7 Å². The van der Waals surface area contributed by atoms with Gasteiger partial charge in [-0.25, -0.2) is 0 Å². The van der Waals surface area contributed by atoms with Crippen molar-refractivity contribution in [1.82, 2.24) is 16.0 Å². The fourth-order valence-corrected chi connectivity index (χ4v) is 5.89. The SMILES string of the molecule is CC(=O)N[C@@H]1[C@@H](O)[C@H](O[C@]2(C)O[C@H](CO)[C@@H](O[C@@H]3O[C@H](CO)[C@@H](O)[C@H](O)[C@H]3NC(C)=O)[C@H](O)[C@H]2NC(C)=O)[C@@H](CO)O[C@H]1C. The zero-order chi connectivity index (χ0) is 33.1. The highest BCUT2D eigenvalue weighted by Gasteiger charge is 2.58. The Kier molecular flexibility index (Phi) is 12.4. The van der Waals surface area contributed by atoms with E-state index in [0.29, 0.717) is 0 Å². The lowest BCUT2D eigenvalue weighted by Gasteiger charge is -2.54. The van der Waals surface area contributed by atoms with Crippen LogP contribution in [0.2, 0.25) is 0 Å². The summed E-state index contributed by atoms with van der Waals surface area (Å²) in [5.74, 6) is -3.78. The smallest absolute Gasteiger partial charge is 0.217 e. The first-order valence-electron chi connectivity index (χ1n) is 14.3. The Morgan fingerprint density at radius 2 is 1.25 bits per heavy atom. The summed E-state index contributed by atoms with van der Waals surface area (Å²) in [5, 5.41) is 81.1. The predicted octanol–water partition coefficient (Wildman–Crippen LogP) is -5.68. The number of amides is 3. The lowest BCUT2D eigenvalue weighted by Crippen LogP contribution is -2.74. The van der Waals surface area contributed by atoms with Crippen LogP contribution in [-0.2, 0) is 38.1 Å². The lowest BCUT2D eigenvalue weighted by molar-refractivity contribution is -0.381. The van der Waals surface area contributed by atoms with E-state index in [0.717, 1.165) is 13.8 Å². The Morgan fingerprint density at radius 3 is 1.77 bits per heavy atom. The van der Waals surface area contributed by atoms with E-state index in [4.69, 9.17) is 23.7 Å². The fourth-order valence-electron chi connectivity index (χ4n) is 5.89. The second kappa shape index (κ2) is 15.0. The predicted molar refractivity (Wildman–Crippen MR) is 144 cm³/mol. The van der Waals surface area contributed by atoms with Gasteiger partial charge < -0.3 is 75.4 Å². The molecule has 18 heteroatoms. The molecule has 3 rings (SSSR count). The van der Waals surface area contributed by atoms with Crippen LogP contribution in [0.15, 0.2) is 0 Å². The molecule has 0 aromatic rings. The van der Waals surface area contributed by atoms with Gasteiger partial charge in [0.1, 0.15) is 67.0 Å². The highest BCUT2D eigenvalue weighted by atomic mass is 16.7. The number of hydrogen-bond acceptors (Lipinski definition) is 15. The molecule has 3 saturated heterocycles. The summed E-state index contributed by atoms with van der Waals surface area (Å²) in [6.07, 6.45) is -15.7. The molecule has 0 aromatic carbocycles. The average Bonchev–Trinajstić information content (AvgIpc) is 2.95. The van der Waals surface area contributed by atoms with Crippen molar-refractivity contribution < 1.29 is 73.8 Å². The summed E-state index contributed by atoms with van der Waals surface area (Å²) in [6.45, 7) is 4.23. The Labute approximate surface area is 253 Å². The summed E-state index contributed by atoms with van der Waals surface area (Å²) < 4.78 is 29.5. The molecule has 3 fully saturated rings. The largest absolute Gasteiger partial charge is 0.394 e. The van der Waals surface area contributed by atoms with Crippen molar-refractivity contribution in [2.24, 2.45) is 0 Å². The Hall–Kier alpha value is -2.07. The highest BCUT2D eigenvalue weighted by Crippen LogP contribution is 2.38. The van der Waals surface area contributed by atoms with Gasteiger partial charge in [-0.05, 0) is 13.8 Å². The number of rotatable bonds is 10. The molecule has 0 spiro atoms. The van der Waals surface area contributed by atoms with E-state index < -0.39 is 129 Å². The molecule has 0 aromatic heterocycles. The monoisotopic (exact) mass is 639 g/mol. The van der Waals surface area contributed by atoms with Crippen molar-refractivity contribution in [3.05, 3.63) is 0 Å². The molecule has 254 valence electrons. The summed E-state index contributed by atoms with van der Waals surface area (Å²) in [7, 11) is 0. The van der Waals surface area contributed by atoms with E-state index >= 15 is 0 Å². The normalized spacial score (nSPS) is 44.5. The lowest BCUT2D eigenvalue weighted by atomic mass is 9.88. The Bertz CT molecular complexity index is 1010. The number of aliphatic hydroxyl groups is 7. The minimum absolute atomic E-state index is 0.471. The fraction of sp³-hybridized carbons (Fsp3) is 0.885. The van der Waals surface area contributed by atoms with Gasteiger partial charge in [0.25, 0.3) is 0 Å². The van der Waals surface area contributed by atoms with Crippen LogP contribution >= 0.6 is 0 Å². The van der Waals surface area contributed by atoms with Crippen LogP contribution in [-0.4, -0.2) is 165 Å². The maximum atomic E-state index is 12.3. The minimum atomic E-state index is -2.03. The first kappa shape index (κ1) is 36.4. The average molecular weight is 640 g/mol. The molecule has 18 nitrogen and oxygen atoms in total. The van der Waals surface area contributed by atoms with Gasteiger partial charge in [0, 0.05) is 20.8 Å². The number of nitrogens with one attached hydrogen (secondary N) is 3. The molecule has 0 saturated carbocycles. The van der Waals surface area contributed by atoms with Gasteiger partial charge in [-0.15, -0.1) is 0 Å². The molecular formula is C26H45N3O15. The molecule has 0 unspecified atom stereocenters. The minimum Gasteiger partial charge on any atom is -0.394 e. The molecule has 3 aliphatic rings. The summed E-state index contributed by atoms with van der Waals surface area (Å²) >= 11 is 0. The molecule has 10 N–H and O–H groups in total. The van der Waals surface area contributed by atoms with Gasteiger partial charge in [0.15, 0.2) is 12.1 Å². The maximum Gasteiger partial charge on any atom is 0.217 e. The van der Waals surface area contributed by atoms with Crippen LogP contribution in [0.25, 0.3) is 0 Å². The molecule has 15 atom stereocenters. The molecule has 3 aliphatic heterocycles. The number of aliphatic hydroxyl groups excluding tert-OH is 7. The number of carbonyl (C=O) groups is 3. The topological polar surface area (TPSA) is 275 Å². The van der Waals surface area contributed by atoms with Crippen molar-refractivity contribution in [3.8, 4) is 0 Å². The van der Waals surface area contributed by atoms with Crippen molar-refractivity contribution in [2.45, 2.75) is 126 Å². The van der Waals surface area contributed by atoms with E-state index in [1.807, 2.05) is 0 Å². The molecule has 3 heterocycles. The number of carbonyl (C=O) groups excluding carboxylic acids is 3. The van der Waals surface area contributed by atoms with Crippen molar-refractivity contribution in [3.63, 3.8) is 0 Å². The first-order chi connectivity index (χ1) is 20.6. The van der Waals surface area contributed by atoms with Gasteiger partial charge in [0.05, 0.1) is 32.0 Å². The van der Waals surface area contributed by atoms with Crippen molar-refractivity contribution in [2.75, 3.05) is 19.8 Å². The third kappa shape index (κ3) is 7.83. The Balaban J connectivity index is 1.95. The van der Waals surface area contributed by atoms with Gasteiger partial charge in [0.2, 0.25) is 17.7 Å². The summed E-state index contributed by atoms with van der Waals surface area (Å²) in [4.78, 5) is 35.9. The van der Waals surface area contributed by atoms with E-state index in [1.165, 1.54) is 13.8 Å². The van der Waals surface area contributed by atoms with Crippen molar-refractivity contribution in [1.29, 1.82) is 0 Å². The third-order valence-corrected chi connectivity index (χ3v) is 7.96. The summed E-state index contributed by atoms with van der Waals surface area (Å²) in [6, 6.07) is -3.85. The first-order valence-corrected chi connectivity index (χ1v) is 14.3. The molecule has 0 bridgehead atoms. The van der Waals surface area contributed by atoms with E-state index in [1.54, 1.807) is 6.92 Å². The Morgan fingerprint density at radius 1 is 0.705 bits per heavy atom. The highest BCUT2D eigenvalue weighted by molar-refractivity contribution is 5.74.